The number of hydrogen-bond acceptors (Lipinski definition) is 3. The van der Waals surface area contributed by atoms with Crippen LogP contribution in [0.4, 0.5) is 18.9 Å². The second-order valence-corrected chi connectivity index (χ2v) is 10.9. The summed E-state index contributed by atoms with van der Waals surface area (Å²) >= 11 is 5.98. The summed E-state index contributed by atoms with van der Waals surface area (Å²) in [5, 5.41) is 2.46. The van der Waals surface area contributed by atoms with E-state index in [1.165, 1.54) is 0 Å². The first-order valence-corrected chi connectivity index (χ1v) is 12.0. The third-order valence-electron chi connectivity index (χ3n) is 4.88. The zero-order chi connectivity index (χ0) is 24.5. The molecule has 0 fully saturated rings. The number of anilines is 1. The molecule has 0 aromatic heterocycles. The zero-order valence-electron chi connectivity index (χ0n) is 18.4. The fourth-order valence-corrected chi connectivity index (χ4v) is 4.16. The number of nitrogens with one attached hydrogen (secondary N) is 1. The van der Waals surface area contributed by atoms with Gasteiger partial charge in [-0.05, 0) is 41.7 Å². The van der Waals surface area contributed by atoms with Crippen LogP contribution in [-0.4, -0.2) is 27.1 Å². The Labute approximate surface area is 191 Å². The molecule has 176 valence electrons. The Hall–Kier alpha value is -2.26. The standard InChI is InChI=1S/C22H26ClF3N2O3S/c1-14(15-6-8-16(9-7-15)21(2,3)4)27-20(29)13-28(32(5,30)31)19-12-17(22(24,25)26)10-11-18(19)23/h6-12,14H,13H2,1-5H3,(H,27,29)/t14-/m1/s1. The van der Waals surface area contributed by atoms with Gasteiger partial charge in [0, 0.05) is 0 Å². The first-order valence-electron chi connectivity index (χ1n) is 9.74. The molecule has 0 bridgehead atoms. The van der Waals surface area contributed by atoms with E-state index in [1.807, 2.05) is 24.3 Å². The maximum absolute atomic E-state index is 13.1. The van der Waals surface area contributed by atoms with E-state index in [0.29, 0.717) is 10.4 Å². The van der Waals surface area contributed by atoms with E-state index < -0.39 is 45.9 Å². The Balaban J connectivity index is 2.25. The van der Waals surface area contributed by atoms with Crippen molar-refractivity contribution >= 4 is 33.2 Å². The lowest BCUT2D eigenvalue weighted by Crippen LogP contribution is -2.41. The number of amides is 1. The summed E-state index contributed by atoms with van der Waals surface area (Å²) in [5.41, 5.74) is 0.391. The molecule has 1 amide bonds. The monoisotopic (exact) mass is 490 g/mol. The van der Waals surface area contributed by atoms with Crippen LogP contribution in [0.15, 0.2) is 42.5 Å². The minimum atomic E-state index is -4.70. The van der Waals surface area contributed by atoms with Gasteiger partial charge in [-0.1, -0.05) is 56.6 Å². The molecule has 0 aliphatic rings. The van der Waals surface area contributed by atoms with Crippen LogP contribution in [0, 0.1) is 0 Å². The number of rotatable bonds is 6. The molecule has 2 aromatic carbocycles. The van der Waals surface area contributed by atoms with Crippen LogP contribution in [0.2, 0.25) is 5.02 Å². The lowest BCUT2D eigenvalue weighted by atomic mass is 9.86. The number of carbonyl (C=O) groups is 1. The molecule has 10 heteroatoms. The molecule has 5 nitrogen and oxygen atoms in total. The summed E-state index contributed by atoms with van der Waals surface area (Å²) in [4.78, 5) is 12.6. The molecule has 0 heterocycles. The van der Waals surface area contributed by atoms with E-state index in [-0.39, 0.29) is 10.4 Å². The molecule has 0 radical (unpaired) electrons. The molecule has 0 spiro atoms. The van der Waals surface area contributed by atoms with E-state index in [1.54, 1.807) is 6.92 Å². The van der Waals surface area contributed by atoms with Crippen molar-refractivity contribution in [1.82, 2.24) is 5.32 Å². The molecule has 0 unspecified atom stereocenters. The number of nitrogens with zero attached hydrogens (tertiary/aromatic N) is 1. The SMILES string of the molecule is C[C@@H](NC(=O)CN(c1cc(C(F)(F)F)ccc1Cl)S(C)(=O)=O)c1ccc(C(C)(C)C)cc1. The van der Waals surface area contributed by atoms with E-state index in [4.69, 9.17) is 11.6 Å². The van der Waals surface area contributed by atoms with Crippen molar-refractivity contribution in [1.29, 1.82) is 0 Å². The summed E-state index contributed by atoms with van der Waals surface area (Å²) in [6.45, 7) is 7.24. The summed E-state index contributed by atoms with van der Waals surface area (Å²) in [7, 11) is -4.10. The van der Waals surface area contributed by atoms with Crippen molar-refractivity contribution in [3.05, 3.63) is 64.2 Å². The van der Waals surface area contributed by atoms with Gasteiger partial charge in [0.05, 0.1) is 28.6 Å². The van der Waals surface area contributed by atoms with Crippen LogP contribution in [0.1, 0.15) is 50.4 Å². The van der Waals surface area contributed by atoms with Gasteiger partial charge < -0.3 is 5.32 Å². The predicted molar refractivity (Wildman–Crippen MR) is 120 cm³/mol. The van der Waals surface area contributed by atoms with Crippen LogP contribution in [0.3, 0.4) is 0 Å². The summed E-state index contributed by atoms with van der Waals surface area (Å²) in [5.74, 6) is -0.684. The average molecular weight is 491 g/mol. The number of alkyl halides is 3. The van der Waals surface area contributed by atoms with E-state index in [0.717, 1.165) is 29.5 Å². The van der Waals surface area contributed by atoms with Crippen molar-refractivity contribution in [2.24, 2.45) is 0 Å². The van der Waals surface area contributed by atoms with Crippen molar-refractivity contribution in [3.63, 3.8) is 0 Å². The van der Waals surface area contributed by atoms with Crippen LogP contribution in [0.25, 0.3) is 0 Å². The molecular formula is C22H26ClF3N2O3S. The van der Waals surface area contributed by atoms with E-state index in [2.05, 4.69) is 26.1 Å². The third-order valence-corrected chi connectivity index (χ3v) is 6.33. The highest BCUT2D eigenvalue weighted by Crippen LogP contribution is 2.36. The zero-order valence-corrected chi connectivity index (χ0v) is 20.0. The summed E-state index contributed by atoms with van der Waals surface area (Å²) in [6.07, 6.45) is -3.90. The topological polar surface area (TPSA) is 66.5 Å². The number of benzene rings is 2. The predicted octanol–water partition coefficient (Wildman–Crippen LogP) is 5.30. The molecule has 0 aliphatic carbocycles. The van der Waals surface area contributed by atoms with Crippen LogP contribution >= 0.6 is 11.6 Å². The lowest BCUT2D eigenvalue weighted by Gasteiger charge is -2.25. The highest BCUT2D eigenvalue weighted by atomic mass is 35.5. The summed E-state index contributed by atoms with van der Waals surface area (Å²) < 4.78 is 64.4. The molecule has 0 saturated heterocycles. The largest absolute Gasteiger partial charge is 0.416 e. The normalized spacial score (nSPS) is 13.5. The highest BCUT2D eigenvalue weighted by molar-refractivity contribution is 7.92. The quantitative estimate of drug-likeness (QED) is 0.597. The van der Waals surface area contributed by atoms with Crippen molar-refractivity contribution in [2.75, 3.05) is 17.1 Å². The number of sulfonamides is 1. The molecular weight excluding hydrogens is 465 g/mol. The second kappa shape index (κ2) is 9.31. The number of halogens is 4. The van der Waals surface area contributed by atoms with Gasteiger partial charge in [-0.2, -0.15) is 13.2 Å². The smallest absolute Gasteiger partial charge is 0.348 e. The minimum absolute atomic E-state index is 0.0365. The maximum atomic E-state index is 13.1. The van der Waals surface area contributed by atoms with Crippen LogP contribution < -0.4 is 9.62 Å². The van der Waals surface area contributed by atoms with Crippen molar-refractivity contribution < 1.29 is 26.4 Å². The number of carbonyl (C=O) groups excluding carboxylic acids is 1. The molecule has 2 rings (SSSR count). The van der Waals surface area contributed by atoms with Gasteiger partial charge in [-0.15, -0.1) is 0 Å². The highest BCUT2D eigenvalue weighted by Gasteiger charge is 2.33. The van der Waals surface area contributed by atoms with Gasteiger partial charge in [0.25, 0.3) is 0 Å². The molecule has 0 aliphatic heterocycles. The first-order chi connectivity index (χ1) is 14.5. The van der Waals surface area contributed by atoms with Crippen LogP contribution in [-0.2, 0) is 26.4 Å². The maximum Gasteiger partial charge on any atom is 0.416 e. The lowest BCUT2D eigenvalue weighted by molar-refractivity contribution is -0.137. The van der Waals surface area contributed by atoms with Gasteiger partial charge in [-0.25, -0.2) is 8.42 Å². The number of hydrogen-bond donors (Lipinski definition) is 1. The Morgan fingerprint density at radius 2 is 1.59 bits per heavy atom. The Bertz CT molecular complexity index is 1080. The van der Waals surface area contributed by atoms with Gasteiger partial charge in [0.1, 0.15) is 6.54 Å². The fraction of sp³-hybridized carbons (Fsp3) is 0.409. The van der Waals surface area contributed by atoms with Crippen molar-refractivity contribution in [3.8, 4) is 0 Å². The fourth-order valence-electron chi connectivity index (χ4n) is 3.03. The molecule has 1 N–H and O–H groups in total. The summed E-state index contributed by atoms with van der Waals surface area (Å²) in [6, 6.07) is 9.49. The van der Waals surface area contributed by atoms with Crippen LogP contribution in [0.5, 0.6) is 0 Å². The van der Waals surface area contributed by atoms with Gasteiger partial charge >= 0.3 is 6.18 Å². The molecule has 1 atom stereocenters. The Morgan fingerprint density at radius 3 is 2.06 bits per heavy atom. The Kier molecular flexibility index (Phi) is 7.56. The molecule has 2 aromatic rings. The minimum Gasteiger partial charge on any atom is -0.348 e. The van der Waals surface area contributed by atoms with E-state index >= 15 is 0 Å². The average Bonchev–Trinajstić information content (AvgIpc) is 2.64. The second-order valence-electron chi connectivity index (χ2n) is 8.59. The third kappa shape index (κ3) is 6.62. The van der Waals surface area contributed by atoms with Crippen molar-refractivity contribution in [2.45, 2.75) is 45.3 Å². The van der Waals surface area contributed by atoms with Gasteiger partial charge in [-0.3, -0.25) is 9.10 Å². The first kappa shape index (κ1) is 26.0. The molecule has 0 saturated carbocycles. The van der Waals surface area contributed by atoms with E-state index in [9.17, 15) is 26.4 Å². The van der Waals surface area contributed by atoms with Gasteiger partial charge in [0.15, 0.2) is 0 Å². The Morgan fingerprint density at radius 1 is 1.06 bits per heavy atom. The molecule has 32 heavy (non-hydrogen) atoms. The van der Waals surface area contributed by atoms with Gasteiger partial charge in [0.2, 0.25) is 15.9 Å².